The summed E-state index contributed by atoms with van der Waals surface area (Å²) in [5.41, 5.74) is 6.25. The van der Waals surface area contributed by atoms with Gasteiger partial charge in [-0.05, 0) is 55.8 Å². The molecule has 0 spiro atoms. The molecule has 0 aliphatic rings. The molecule has 0 saturated carbocycles. The van der Waals surface area contributed by atoms with Crippen molar-refractivity contribution in [2.75, 3.05) is 14.1 Å². The Morgan fingerprint density at radius 1 is 0.583 bits per heavy atom. The first-order chi connectivity index (χ1) is 11.6. The van der Waals surface area contributed by atoms with E-state index in [1.54, 1.807) is 0 Å². The third-order valence-electron chi connectivity index (χ3n) is 4.93. The van der Waals surface area contributed by atoms with Gasteiger partial charge in [-0.3, -0.25) is 4.90 Å². The van der Waals surface area contributed by atoms with E-state index in [1.165, 1.54) is 27.8 Å². The van der Waals surface area contributed by atoms with Crippen molar-refractivity contribution in [2.24, 2.45) is 0 Å². The summed E-state index contributed by atoms with van der Waals surface area (Å²) in [5, 5.41) is 0. The summed E-state index contributed by atoms with van der Waals surface area (Å²) >= 11 is 0. The van der Waals surface area contributed by atoms with Gasteiger partial charge in [-0.15, -0.1) is 0 Å². The van der Waals surface area contributed by atoms with Crippen LogP contribution < -0.4 is 0 Å². The van der Waals surface area contributed by atoms with Crippen LogP contribution in [-0.4, -0.2) is 19.0 Å². The highest BCUT2D eigenvalue weighted by molar-refractivity contribution is 5.54. The molecule has 0 aromatic heterocycles. The Labute approximate surface area is 145 Å². The predicted molar refractivity (Wildman–Crippen MR) is 102 cm³/mol. The Morgan fingerprint density at radius 3 is 1.42 bits per heavy atom. The first kappa shape index (κ1) is 16.5. The number of hydrogen-bond acceptors (Lipinski definition) is 1. The fourth-order valence-corrected chi connectivity index (χ4v) is 3.83. The molecule has 1 heteroatoms. The van der Waals surface area contributed by atoms with E-state index in [0.717, 1.165) is 0 Å². The summed E-state index contributed by atoms with van der Waals surface area (Å²) in [7, 11) is 4.34. The quantitative estimate of drug-likeness (QED) is 0.601. The molecule has 0 saturated heterocycles. The molecule has 3 aromatic rings. The van der Waals surface area contributed by atoms with Gasteiger partial charge in [0.1, 0.15) is 0 Å². The van der Waals surface area contributed by atoms with Crippen molar-refractivity contribution in [1.82, 2.24) is 4.90 Å². The Morgan fingerprint density at radius 2 is 1.00 bits per heavy atom. The van der Waals surface area contributed by atoms with Gasteiger partial charge in [-0.25, -0.2) is 0 Å². The van der Waals surface area contributed by atoms with Crippen LogP contribution in [0.3, 0.4) is 0 Å². The van der Waals surface area contributed by atoms with Gasteiger partial charge in [0.25, 0.3) is 0 Å². The maximum atomic E-state index is 2.34. The van der Waals surface area contributed by atoms with Gasteiger partial charge in [-0.1, -0.05) is 78.9 Å². The largest absolute Gasteiger partial charge is 0.292 e. The van der Waals surface area contributed by atoms with Gasteiger partial charge in [-0.2, -0.15) is 0 Å². The maximum Gasteiger partial charge on any atom is 0.0973 e. The molecule has 0 atom stereocenters. The summed E-state index contributed by atoms with van der Waals surface area (Å²) in [6.45, 7) is 4.41. The van der Waals surface area contributed by atoms with Crippen LogP contribution in [0.15, 0.2) is 78.9 Å². The molecule has 0 bridgehead atoms. The van der Waals surface area contributed by atoms with E-state index < -0.39 is 0 Å². The molecule has 1 nitrogen and oxygen atoms in total. The normalized spacial score (nSPS) is 11.7. The summed E-state index contributed by atoms with van der Waals surface area (Å²) in [6.07, 6.45) is 0. The standard InChI is InChI=1S/C23H25N/c1-18-12-8-10-16-21(18)23(24(3)4,20-14-6-5-7-15-20)22-17-11-9-13-19(22)2/h5-17H,1-4H3. The van der Waals surface area contributed by atoms with Crippen molar-refractivity contribution < 1.29 is 0 Å². The molecule has 0 unspecified atom stereocenters. The van der Waals surface area contributed by atoms with Crippen molar-refractivity contribution in [3.63, 3.8) is 0 Å². The van der Waals surface area contributed by atoms with Crippen molar-refractivity contribution in [3.8, 4) is 0 Å². The zero-order valence-corrected chi connectivity index (χ0v) is 15.0. The predicted octanol–water partition coefficient (Wildman–Crippen LogP) is 5.16. The lowest BCUT2D eigenvalue weighted by molar-refractivity contribution is 0.245. The van der Waals surface area contributed by atoms with Crippen LogP contribution >= 0.6 is 0 Å². The van der Waals surface area contributed by atoms with Crippen LogP contribution in [0.1, 0.15) is 27.8 Å². The number of aryl methyl sites for hydroxylation is 2. The van der Waals surface area contributed by atoms with Crippen LogP contribution in [0, 0.1) is 13.8 Å². The van der Waals surface area contributed by atoms with Crippen molar-refractivity contribution in [1.29, 1.82) is 0 Å². The highest BCUT2D eigenvalue weighted by Crippen LogP contribution is 2.43. The molecule has 0 amide bonds. The van der Waals surface area contributed by atoms with Gasteiger partial charge in [0.05, 0.1) is 5.54 Å². The summed E-state index contributed by atoms with van der Waals surface area (Å²) in [5.74, 6) is 0. The second-order valence-electron chi connectivity index (χ2n) is 6.60. The average Bonchev–Trinajstić information content (AvgIpc) is 2.59. The van der Waals surface area contributed by atoms with Gasteiger partial charge in [0.2, 0.25) is 0 Å². The summed E-state index contributed by atoms with van der Waals surface area (Å²) in [4.78, 5) is 2.34. The van der Waals surface area contributed by atoms with E-state index >= 15 is 0 Å². The van der Waals surface area contributed by atoms with E-state index in [2.05, 4.69) is 112 Å². The highest BCUT2D eigenvalue weighted by Gasteiger charge is 2.40. The topological polar surface area (TPSA) is 3.24 Å². The zero-order valence-electron chi connectivity index (χ0n) is 15.0. The minimum Gasteiger partial charge on any atom is -0.292 e. The lowest BCUT2D eigenvalue weighted by atomic mass is 9.73. The Balaban J connectivity index is 2.44. The lowest BCUT2D eigenvalue weighted by Gasteiger charge is -2.43. The third-order valence-corrected chi connectivity index (χ3v) is 4.93. The second kappa shape index (κ2) is 6.62. The van der Waals surface area contributed by atoms with E-state index in [4.69, 9.17) is 0 Å². The molecular formula is C23H25N. The van der Waals surface area contributed by atoms with Crippen molar-refractivity contribution >= 4 is 0 Å². The van der Waals surface area contributed by atoms with Crippen LogP contribution in [0.25, 0.3) is 0 Å². The van der Waals surface area contributed by atoms with E-state index in [1.807, 2.05) is 0 Å². The van der Waals surface area contributed by atoms with Crippen LogP contribution in [0.4, 0.5) is 0 Å². The van der Waals surface area contributed by atoms with E-state index in [9.17, 15) is 0 Å². The summed E-state index contributed by atoms with van der Waals surface area (Å²) < 4.78 is 0. The lowest BCUT2D eigenvalue weighted by Crippen LogP contribution is -2.44. The number of benzene rings is 3. The molecule has 0 fully saturated rings. The number of rotatable bonds is 4. The molecule has 122 valence electrons. The number of nitrogens with zero attached hydrogens (tertiary/aromatic N) is 1. The van der Waals surface area contributed by atoms with Gasteiger partial charge >= 0.3 is 0 Å². The van der Waals surface area contributed by atoms with Crippen LogP contribution in [-0.2, 0) is 5.54 Å². The van der Waals surface area contributed by atoms with Crippen molar-refractivity contribution in [3.05, 3.63) is 107 Å². The monoisotopic (exact) mass is 315 g/mol. The molecule has 0 N–H and O–H groups in total. The zero-order chi connectivity index (χ0) is 17.2. The van der Waals surface area contributed by atoms with Crippen molar-refractivity contribution in [2.45, 2.75) is 19.4 Å². The number of hydrogen-bond donors (Lipinski definition) is 0. The SMILES string of the molecule is Cc1ccccc1C(c1ccccc1)(c1ccccc1C)N(C)C. The molecule has 0 radical (unpaired) electrons. The third kappa shape index (κ3) is 2.55. The Bertz CT molecular complexity index is 773. The molecule has 0 heterocycles. The minimum atomic E-state index is -0.308. The fourth-order valence-electron chi connectivity index (χ4n) is 3.83. The Hall–Kier alpha value is -2.38. The van der Waals surface area contributed by atoms with E-state index in [-0.39, 0.29) is 5.54 Å². The molecule has 0 aliphatic heterocycles. The molecule has 3 aromatic carbocycles. The first-order valence-corrected chi connectivity index (χ1v) is 8.43. The maximum absolute atomic E-state index is 2.34. The van der Waals surface area contributed by atoms with Crippen LogP contribution in [0.2, 0.25) is 0 Å². The minimum absolute atomic E-state index is 0.308. The molecule has 0 aliphatic carbocycles. The Kier molecular flexibility index (Phi) is 4.55. The highest BCUT2D eigenvalue weighted by atomic mass is 15.1. The first-order valence-electron chi connectivity index (χ1n) is 8.43. The second-order valence-corrected chi connectivity index (χ2v) is 6.60. The van der Waals surface area contributed by atoms with E-state index in [0.29, 0.717) is 0 Å². The smallest absolute Gasteiger partial charge is 0.0973 e. The van der Waals surface area contributed by atoms with Crippen LogP contribution in [0.5, 0.6) is 0 Å². The molecule has 3 rings (SSSR count). The molecule has 24 heavy (non-hydrogen) atoms. The van der Waals surface area contributed by atoms with Gasteiger partial charge in [0, 0.05) is 0 Å². The van der Waals surface area contributed by atoms with Gasteiger partial charge in [0.15, 0.2) is 0 Å². The fraction of sp³-hybridized carbons (Fsp3) is 0.217. The summed E-state index contributed by atoms with van der Waals surface area (Å²) in [6, 6.07) is 28.2. The molecular weight excluding hydrogens is 290 g/mol. The average molecular weight is 315 g/mol. The van der Waals surface area contributed by atoms with Gasteiger partial charge < -0.3 is 0 Å².